The zero-order chi connectivity index (χ0) is 25.6. The van der Waals surface area contributed by atoms with Crippen molar-refractivity contribution in [3.63, 3.8) is 0 Å². The maximum atomic E-state index is 13.1. The number of urea groups is 1. The van der Waals surface area contributed by atoms with E-state index in [1.807, 2.05) is 22.8 Å². The first-order valence-corrected chi connectivity index (χ1v) is 14.7. The van der Waals surface area contributed by atoms with Crippen LogP contribution in [0.3, 0.4) is 0 Å². The Kier molecular flexibility index (Phi) is 6.70. The largest absolute Gasteiger partial charge is 0.333 e. The van der Waals surface area contributed by atoms with Crippen LogP contribution >= 0.6 is 23.4 Å². The molecule has 2 amide bonds. The molecule has 4 aliphatic rings. The number of amides is 2. The van der Waals surface area contributed by atoms with Gasteiger partial charge in [-0.15, -0.1) is 10.2 Å². The van der Waals surface area contributed by atoms with Crippen molar-refractivity contribution in [2.75, 3.05) is 0 Å². The fourth-order valence-electron chi connectivity index (χ4n) is 7.20. The van der Waals surface area contributed by atoms with Crippen LogP contribution in [-0.4, -0.2) is 26.3 Å². The molecule has 4 aliphatic carbocycles. The lowest BCUT2D eigenvalue weighted by Gasteiger charge is -2.56. The van der Waals surface area contributed by atoms with Crippen LogP contribution in [0.1, 0.15) is 61.0 Å². The molecule has 4 bridgehead atoms. The highest BCUT2D eigenvalue weighted by atomic mass is 35.5. The van der Waals surface area contributed by atoms with Crippen molar-refractivity contribution in [2.45, 2.75) is 75.4 Å². The van der Waals surface area contributed by atoms with Crippen molar-refractivity contribution in [3.8, 4) is 5.69 Å². The van der Waals surface area contributed by atoms with Crippen LogP contribution in [0.4, 0.5) is 4.79 Å². The monoisotopic (exact) mass is 535 g/mol. The summed E-state index contributed by atoms with van der Waals surface area (Å²) in [5.74, 6) is 3.83. The average molecular weight is 536 g/mol. The number of thioether (sulfide) groups is 1. The first kappa shape index (κ1) is 24.8. The number of hydrogen-bond acceptors (Lipinski definition) is 4. The molecule has 2 aromatic carbocycles. The van der Waals surface area contributed by atoms with Gasteiger partial charge in [0.1, 0.15) is 0 Å². The van der Waals surface area contributed by atoms with Crippen LogP contribution in [0.25, 0.3) is 5.69 Å². The van der Waals surface area contributed by atoms with E-state index in [0.717, 1.165) is 59.2 Å². The molecule has 194 valence electrons. The first-order valence-electron chi connectivity index (χ1n) is 13.3. The smallest absolute Gasteiger partial charge is 0.315 e. The average Bonchev–Trinajstić information content (AvgIpc) is 3.25. The van der Waals surface area contributed by atoms with Crippen molar-refractivity contribution in [1.82, 2.24) is 25.4 Å². The maximum absolute atomic E-state index is 13.1. The van der Waals surface area contributed by atoms with Gasteiger partial charge in [-0.05, 0) is 98.9 Å². The molecule has 0 saturated heterocycles. The molecule has 0 radical (unpaired) electrons. The van der Waals surface area contributed by atoms with Gasteiger partial charge in [-0.2, -0.15) is 0 Å². The minimum absolute atomic E-state index is 0.0232. The van der Waals surface area contributed by atoms with E-state index in [9.17, 15) is 4.79 Å². The van der Waals surface area contributed by atoms with Gasteiger partial charge >= 0.3 is 6.03 Å². The van der Waals surface area contributed by atoms with Gasteiger partial charge in [-0.1, -0.05) is 53.7 Å². The van der Waals surface area contributed by atoms with Crippen LogP contribution in [0.2, 0.25) is 5.02 Å². The number of aryl methyl sites for hydroxylation is 2. The normalized spacial score (nSPS) is 25.9. The van der Waals surface area contributed by atoms with Crippen molar-refractivity contribution in [1.29, 1.82) is 0 Å². The van der Waals surface area contributed by atoms with Gasteiger partial charge in [0.2, 0.25) is 0 Å². The van der Waals surface area contributed by atoms with E-state index < -0.39 is 0 Å². The molecule has 8 heteroatoms. The number of halogens is 1. The Labute approximate surface area is 228 Å². The van der Waals surface area contributed by atoms with E-state index in [4.69, 9.17) is 11.6 Å². The summed E-state index contributed by atoms with van der Waals surface area (Å²) in [6.45, 7) is 4.47. The molecule has 4 fully saturated rings. The highest BCUT2D eigenvalue weighted by Crippen LogP contribution is 2.55. The SMILES string of the molecule is Cc1ccccc1CSc1nnc(CNC(=O)NC23CC4CC(CC(C4)C2)C3)n1-c1cc(Cl)ccc1C. The fraction of sp³-hybridized carbons (Fsp3) is 0.483. The summed E-state index contributed by atoms with van der Waals surface area (Å²) in [6.07, 6.45) is 7.45. The van der Waals surface area contributed by atoms with Crippen LogP contribution < -0.4 is 10.6 Å². The zero-order valence-corrected chi connectivity index (χ0v) is 23.0. The van der Waals surface area contributed by atoms with E-state index in [1.54, 1.807) is 11.8 Å². The molecular formula is C29H34ClN5OS. The number of benzene rings is 2. The molecule has 3 aromatic rings. The van der Waals surface area contributed by atoms with E-state index in [2.05, 4.69) is 58.9 Å². The number of carbonyl (C=O) groups is 1. The van der Waals surface area contributed by atoms with E-state index >= 15 is 0 Å². The molecule has 0 aliphatic heterocycles. The predicted octanol–water partition coefficient (Wildman–Crippen LogP) is 6.60. The van der Waals surface area contributed by atoms with E-state index in [1.165, 1.54) is 30.4 Å². The summed E-state index contributed by atoms with van der Waals surface area (Å²) in [4.78, 5) is 13.1. The second kappa shape index (κ2) is 9.99. The fourth-order valence-corrected chi connectivity index (χ4v) is 8.40. The molecule has 4 saturated carbocycles. The van der Waals surface area contributed by atoms with Gasteiger partial charge in [0.15, 0.2) is 11.0 Å². The third-order valence-electron chi connectivity index (χ3n) is 8.55. The summed E-state index contributed by atoms with van der Waals surface area (Å²) in [5, 5.41) is 17.0. The predicted molar refractivity (Wildman–Crippen MR) is 148 cm³/mol. The number of nitrogens with zero attached hydrogens (tertiary/aromatic N) is 3. The molecule has 1 aromatic heterocycles. The van der Waals surface area contributed by atoms with E-state index in [0.29, 0.717) is 17.4 Å². The number of nitrogens with one attached hydrogen (secondary N) is 2. The Morgan fingerprint density at radius 2 is 1.73 bits per heavy atom. The molecule has 2 N–H and O–H groups in total. The van der Waals surface area contributed by atoms with Crippen molar-refractivity contribution >= 4 is 29.4 Å². The molecule has 7 rings (SSSR count). The van der Waals surface area contributed by atoms with Gasteiger partial charge < -0.3 is 10.6 Å². The Bertz CT molecular complexity index is 1290. The Morgan fingerprint density at radius 1 is 1.03 bits per heavy atom. The molecule has 0 spiro atoms. The van der Waals surface area contributed by atoms with Crippen molar-refractivity contribution < 1.29 is 4.79 Å². The van der Waals surface area contributed by atoms with Crippen molar-refractivity contribution in [3.05, 3.63) is 70.0 Å². The summed E-state index contributed by atoms with van der Waals surface area (Å²) >= 11 is 8.03. The number of hydrogen-bond donors (Lipinski definition) is 2. The van der Waals surface area contributed by atoms with Crippen LogP contribution in [-0.2, 0) is 12.3 Å². The number of aromatic nitrogens is 3. The lowest BCUT2D eigenvalue weighted by Crippen LogP contribution is -2.61. The standard InChI is InChI=1S/C29H34ClN5OS/c1-18-5-3-4-6-23(18)17-37-28-34-33-26(35(28)25-12-24(30)8-7-19(25)2)16-31-27(36)32-29-13-20-9-21(14-29)11-22(10-20)15-29/h3-8,12,20-22H,9-11,13-17H2,1-2H3,(H2,31,32,36). The third-order valence-corrected chi connectivity index (χ3v) is 9.77. The van der Waals surface area contributed by atoms with Gasteiger partial charge in [0.05, 0.1) is 12.2 Å². The first-order chi connectivity index (χ1) is 17.9. The molecule has 0 unspecified atom stereocenters. The summed E-state index contributed by atoms with van der Waals surface area (Å²) in [6, 6.07) is 14.1. The molecule has 1 heterocycles. The Hall–Kier alpha value is -2.51. The van der Waals surface area contributed by atoms with Gasteiger partial charge in [0.25, 0.3) is 0 Å². The Balaban J connectivity index is 1.20. The highest BCUT2D eigenvalue weighted by Gasteiger charge is 2.51. The second-order valence-electron chi connectivity index (χ2n) is 11.4. The summed E-state index contributed by atoms with van der Waals surface area (Å²) in [7, 11) is 0. The molecule has 0 atom stereocenters. The topological polar surface area (TPSA) is 71.8 Å². The Morgan fingerprint density at radius 3 is 2.43 bits per heavy atom. The van der Waals surface area contributed by atoms with Gasteiger partial charge in [-0.3, -0.25) is 4.57 Å². The third kappa shape index (κ3) is 5.13. The van der Waals surface area contributed by atoms with Gasteiger partial charge in [0, 0.05) is 16.3 Å². The lowest BCUT2D eigenvalue weighted by molar-refractivity contribution is -0.0135. The minimum Gasteiger partial charge on any atom is -0.333 e. The number of rotatable bonds is 7. The summed E-state index contributed by atoms with van der Waals surface area (Å²) in [5.41, 5.74) is 4.50. The quantitative estimate of drug-likeness (QED) is 0.334. The van der Waals surface area contributed by atoms with Crippen LogP contribution in [0.15, 0.2) is 47.6 Å². The van der Waals surface area contributed by atoms with Crippen LogP contribution in [0, 0.1) is 31.6 Å². The maximum Gasteiger partial charge on any atom is 0.315 e. The van der Waals surface area contributed by atoms with Crippen LogP contribution in [0.5, 0.6) is 0 Å². The lowest BCUT2D eigenvalue weighted by atomic mass is 9.53. The number of carbonyl (C=O) groups excluding carboxylic acids is 1. The van der Waals surface area contributed by atoms with Crippen molar-refractivity contribution in [2.24, 2.45) is 17.8 Å². The minimum atomic E-state index is -0.103. The molecule has 37 heavy (non-hydrogen) atoms. The molecular weight excluding hydrogens is 502 g/mol. The zero-order valence-electron chi connectivity index (χ0n) is 21.5. The summed E-state index contributed by atoms with van der Waals surface area (Å²) < 4.78 is 2.04. The highest BCUT2D eigenvalue weighted by molar-refractivity contribution is 7.98. The van der Waals surface area contributed by atoms with E-state index in [-0.39, 0.29) is 11.6 Å². The molecule has 6 nitrogen and oxygen atoms in total. The van der Waals surface area contributed by atoms with Gasteiger partial charge in [-0.25, -0.2) is 4.79 Å². The second-order valence-corrected chi connectivity index (χ2v) is 12.8.